The lowest BCUT2D eigenvalue weighted by Crippen LogP contribution is -2.32. The van der Waals surface area contributed by atoms with Gasteiger partial charge in [0.1, 0.15) is 0 Å². The van der Waals surface area contributed by atoms with Crippen LogP contribution in [0.3, 0.4) is 0 Å². The lowest BCUT2D eigenvalue weighted by atomic mass is 10.1. The Bertz CT molecular complexity index is 746. The maximum atomic E-state index is 12.2. The molecule has 0 fully saturated rings. The molecule has 0 bridgehead atoms. The number of halogens is 1. The highest BCUT2D eigenvalue weighted by atomic mass is 35.5. The number of carbonyl (C=O) groups excluding carboxylic acids is 2. The molecule has 126 valence electrons. The Morgan fingerprint density at radius 2 is 1.88 bits per heavy atom. The largest absolute Gasteiger partial charge is 0.325 e. The van der Waals surface area contributed by atoms with Gasteiger partial charge in [-0.05, 0) is 50.7 Å². The van der Waals surface area contributed by atoms with Crippen LogP contribution in [0, 0.1) is 0 Å². The Morgan fingerprint density at radius 1 is 1.17 bits per heavy atom. The van der Waals surface area contributed by atoms with E-state index in [0.29, 0.717) is 16.3 Å². The molecular weight excluding hydrogens is 324 g/mol. The molecule has 4 nitrogen and oxygen atoms in total. The van der Waals surface area contributed by atoms with Crippen LogP contribution >= 0.6 is 11.6 Å². The number of ketones is 1. The van der Waals surface area contributed by atoms with E-state index < -0.39 is 0 Å². The minimum Gasteiger partial charge on any atom is -0.325 e. The summed E-state index contributed by atoms with van der Waals surface area (Å²) < 4.78 is 0. The molecule has 0 spiro atoms. The summed E-state index contributed by atoms with van der Waals surface area (Å²) in [4.78, 5) is 25.6. The number of nitrogens with zero attached hydrogens (tertiary/aromatic N) is 1. The van der Waals surface area contributed by atoms with Gasteiger partial charge in [-0.25, -0.2) is 0 Å². The molecular formula is C19H21ClN2O2. The fraction of sp³-hybridized carbons (Fsp3) is 0.263. The van der Waals surface area contributed by atoms with Gasteiger partial charge in [0, 0.05) is 22.3 Å². The van der Waals surface area contributed by atoms with Crippen molar-refractivity contribution < 1.29 is 9.59 Å². The van der Waals surface area contributed by atoms with E-state index in [9.17, 15) is 9.59 Å². The highest BCUT2D eigenvalue weighted by Gasteiger charge is 2.15. The van der Waals surface area contributed by atoms with Gasteiger partial charge in [-0.2, -0.15) is 0 Å². The van der Waals surface area contributed by atoms with Gasteiger partial charge in [-0.1, -0.05) is 35.9 Å². The van der Waals surface area contributed by atoms with E-state index in [0.717, 1.165) is 5.56 Å². The van der Waals surface area contributed by atoms with Crippen molar-refractivity contribution in [2.45, 2.75) is 19.9 Å². The van der Waals surface area contributed by atoms with Crippen LogP contribution < -0.4 is 5.32 Å². The second kappa shape index (κ2) is 8.08. The molecule has 0 heterocycles. The molecule has 0 radical (unpaired) electrons. The van der Waals surface area contributed by atoms with E-state index in [2.05, 4.69) is 5.32 Å². The molecule has 1 N–H and O–H groups in total. The minimum atomic E-state index is -0.132. The molecule has 0 aliphatic carbocycles. The molecule has 0 aromatic heterocycles. The predicted octanol–water partition coefficient (Wildman–Crippen LogP) is 4.17. The number of hydrogen-bond donors (Lipinski definition) is 1. The van der Waals surface area contributed by atoms with Crippen molar-refractivity contribution in [1.82, 2.24) is 4.90 Å². The van der Waals surface area contributed by atoms with Gasteiger partial charge in [0.05, 0.1) is 6.54 Å². The number of likely N-dealkylation sites (N-methyl/N-ethyl adjacent to an activating group) is 1. The van der Waals surface area contributed by atoms with Crippen molar-refractivity contribution in [3.8, 4) is 0 Å². The van der Waals surface area contributed by atoms with Crippen LogP contribution in [0.2, 0.25) is 5.02 Å². The summed E-state index contributed by atoms with van der Waals surface area (Å²) in [5.41, 5.74) is 2.25. The first kappa shape index (κ1) is 18.2. The monoisotopic (exact) mass is 344 g/mol. The molecule has 0 saturated carbocycles. The molecule has 0 aliphatic heterocycles. The van der Waals surface area contributed by atoms with E-state index in [-0.39, 0.29) is 24.3 Å². The van der Waals surface area contributed by atoms with E-state index in [1.54, 1.807) is 24.3 Å². The highest BCUT2D eigenvalue weighted by Crippen LogP contribution is 2.21. The van der Waals surface area contributed by atoms with E-state index in [1.165, 1.54) is 6.92 Å². The van der Waals surface area contributed by atoms with Crippen LogP contribution in [-0.4, -0.2) is 30.2 Å². The summed E-state index contributed by atoms with van der Waals surface area (Å²) in [6.45, 7) is 3.76. The Labute approximate surface area is 147 Å². The van der Waals surface area contributed by atoms with Crippen molar-refractivity contribution >= 4 is 29.0 Å². The number of carbonyl (C=O) groups is 2. The summed E-state index contributed by atoms with van der Waals surface area (Å²) in [6, 6.07) is 14.6. The zero-order valence-electron chi connectivity index (χ0n) is 14.0. The Morgan fingerprint density at radius 3 is 2.54 bits per heavy atom. The number of anilines is 1. The van der Waals surface area contributed by atoms with E-state index in [4.69, 9.17) is 11.6 Å². The molecule has 5 heteroatoms. The molecule has 1 amide bonds. The normalized spacial score (nSPS) is 12.0. The third kappa shape index (κ3) is 4.91. The third-order valence-electron chi connectivity index (χ3n) is 3.94. The SMILES string of the molecule is CC(=O)c1cccc(NC(=O)CN(C)C(C)c2cccc(Cl)c2)c1. The van der Waals surface area contributed by atoms with E-state index in [1.807, 2.05) is 43.1 Å². The van der Waals surface area contributed by atoms with Crippen LogP contribution in [0.15, 0.2) is 48.5 Å². The second-order valence-corrected chi connectivity index (χ2v) is 6.27. The molecule has 0 saturated heterocycles. The molecule has 2 rings (SSSR count). The molecule has 2 aromatic carbocycles. The first-order valence-corrected chi connectivity index (χ1v) is 8.11. The van der Waals surface area contributed by atoms with Crippen LogP contribution in [-0.2, 0) is 4.79 Å². The number of nitrogens with one attached hydrogen (secondary N) is 1. The van der Waals surface area contributed by atoms with Crippen molar-refractivity contribution in [1.29, 1.82) is 0 Å². The van der Waals surface area contributed by atoms with Crippen LogP contribution in [0.4, 0.5) is 5.69 Å². The van der Waals surface area contributed by atoms with Crippen LogP contribution in [0.1, 0.15) is 35.8 Å². The summed E-state index contributed by atoms with van der Waals surface area (Å²) in [6.07, 6.45) is 0. The van der Waals surface area contributed by atoms with Crippen molar-refractivity contribution in [2.24, 2.45) is 0 Å². The van der Waals surface area contributed by atoms with Crippen LogP contribution in [0.5, 0.6) is 0 Å². The molecule has 1 atom stereocenters. The number of benzene rings is 2. The van der Waals surface area contributed by atoms with Crippen molar-refractivity contribution in [3.63, 3.8) is 0 Å². The van der Waals surface area contributed by atoms with Gasteiger partial charge in [0.2, 0.25) is 5.91 Å². The highest BCUT2D eigenvalue weighted by molar-refractivity contribution is 6.30. The van der Waals surface area contributed by atoms with Gasteiger partial charge in [0.25, 0.3) is 0 Å². The second-order valence-electron chi connectivity index (χ2n) is 5.83. The third-order valence-corrected chi connectivity index (χ3v) is 4.17. The number of amides is 1. The zero-order chi connectivity index (χ0) is 17.7. The van der Waals surface area contributed by atoms with Gasteiger partial charge in [-0.15, -0.1) is 0 Å². The standard InChI is InChI=1S/C19H21ClN2O2/c1-13(15-6-4-8-17(20)10-15)22(3)12-19(24)21-18-9-5-7-16(11-18)14(2)23/h4-11,13H,12H2,1-3H3,(H,21,24). The summed E-state index contributed by atoms with van der Waals surface area (Å²) in [5.74, 6) is -0.162. The lowest BCUT2D eigenvalue weighted by molar-refractivity contribution is -0.117. The van der Waals surface area contributed by atoms with Gasteiger partial charge < -0.3 is 5.32 Å². The smallest absolute Gasteiger partial charge is 0.238 e. The Balaban J connectivity index is 1.98. The number of rotatable bonds is 6. The average Bonchev–Trinajstić information content (AvgIpc) is 2.54. The fourth-order valence-electron chi connectivity index (χ4n) is 2.40. The minimum absolute atomic E-state index is 0.0298. The first-order valence-electron chi connectivity index (χ1n) is 7.73. The van der Waals surface area contributed by atoms with Crippen molar-refractivity contribution in [3.05, 3.63) is 64.7 Å². The quantitative estimate of drug-likeness (QED) is 0.800. The summed E-state index contributed by atoms with van der Waals surface area (Å²) in [7, 11) is 1.89. The lowest BCUT2D eigenvalue weighted by Gasteiger charge is -2.24. The summed E-state index contributed by atoms with van der Waals surface area (Å²) >= 11 is 6.02. The Hall–Kier alpha value is -2.17. The molecule has 0 aliphatic rings. The molecule has 2 aromatic rings. The van der Waals surface area contributed by atoms with Gasteiger partial charge in [0.15, 0.2) is 5.78 Å². The maximum absolute atomic E-state index is 12.2. The Kier molecular flexibility index (Phi) is 6.12. The van der Waals surface area contributed by atoms with Gasteiger partial charge in [-0.3, -0.25) is 14.5 Å². The predicted molar refractivity (Wildman–Crippen MR) is 97.6 cm³/mol. The molecule has 1 unspecified atom stereocenters. The first-order chi connectivity index (χ1) is 11.4. The maximum Gasteiger partial charge on any atom is 0.238 e. The zero-order valence-corrected chi connectivity index (χ0v) is 14.8. The number of Topliss-reactive ketones (excluding diaryl/α,β-unsaturated/α-hetero) is 1. The molecule has 24 heavy (non-hydrogen) atoms. The number of hydrogen-bond acceptors (Lipinski definition) is 3. The van der Waals surface area contributed by atoms with E-state index >= 15 is 0 Å². The van der Waals surface area contributed by atoms with Crippen LogP contribution in [0.25, 0.3) is 0 Å². The topological polar surface area (TPSA) is 49.4 Å². The van der Waals surface area contributed by atoms with Gasteiger partial charge >= 0.3 is 0 Å². The fourth-order valence-corrected chi connectivity index (χ4v) is 2.60. The average molecular weight is 345 g/mol. The summed E-state index contributed by atoms with van der Waals surface area (Å²) in [5, 5.41) is 3.51. The van der Waals surface area contributed by atoms with Crippen molar-refractivity contribution in [2.75, 3.05) is 18.9 Å².